The van der Waals surface area contributed by atoms with Gasteiger partial charge in [0.05, 0.1) is 6.07 Å². The van der Waals surface area contributed by atoms with E-state index in [0.29, 0.717) is 0 Å². The van der Waals surface area contributed by atoms with Crippen LogP contribution < -0.4 is 5.32 Å². The lowest BCUT2D eigenvalue weighted by molar-refractivity contribution is 0.225. The van der Waals surface area contributed by atoms with Crippen molar-refractivity contribution in [3.05, 3.63) is 0 Å². The lowest BCUT2D eigenvalue weighted by Crippen LogP contribution is -2.47. The van der Waals surface area contributed by atoms with Crippen LogP contribution in [0.5, 0.6) is 0 Å². The molecule has 1 N–H and O–H groups in total. The summed E-state index contributed by atoms with van der Waals surface area (Å²) in [6.45, 7) is 5.36. The average Bonchev–Trinajstić information content (AvgIpc) is 2.26. The molecule has 2 atom stereocenters. The number of hydrogen-bond acceptors (Lipinski definition) is 2. The minimum atomic E-state index is -0.199. The third kappa shape index (κ3) is 2.72. The van der Waals surface area contributed by atoms with E-state index < -0.39 is 0 Å². The van der Waals surface area contributed by atoms with Gasteiger partial charge in [-0.1, -0.05) is 33.1 Å². The van der Waals surface area contributed by atoms with Gasteiger partial charge in [0.15, 0.2) is 0 Å². The third-order valence-corrected chi connectivity index (χ3v) is 3.36. The molecule has 0 spiro atoms. The van der Waals surface area contributed by atoms with Crippen LogP contribution in [0.25, 0.3) is 0 Å². The number of rotatable bonds is 4. The molecular weight excluding hydrogens is 172 g/mol. The highest BCUT2D eigenvalue weighted by atomic mass is 15.0. The number of hydrogen-bond donors (Lipinski definition) is 1. The van der Waals surface area contributed by atoms with Gasteiger partial charge in [0.1, 0.15) is 5.54 Å². The molecule has 0 saturated heterocycles. The van der Waals surface area contributed by atoms with Crippen LogP contribution in [0.4, 0.5) is 0 Å². The molecule has 0 aromatic heterocycles. The standard InChI is InChI=1S/C12H22N2/c1-3-8-14-12(10-13)7-5-6-11(4-2)9-12/h11,14H,3-9H2,1-2H3. The predicted octanol–water partition coefficient (Wildman–Crippen LogP) is 2.85. The molecule has 14 heavy (non-hydrogen) atoms. The number of nitrogens with zero attached hydrogens (tertiary/aromatic N) is 1. The molecule has 1 aliphatic carbocycles. The minimum Gasteiger partial charge on any atom is -0.299 e. The molecule has 0 heterocycles. The Morgan fingerprint density at radius 3 is 2.86 bits per heavy atom. The maximum Gasteiger partial charge on any atom is 0.107 e. The zero-order valence-corrected chi connectivity index (χ0v) is 9.47. The maximum atomic E-state index is 9.27. The van der Waals surface area contributed by atoms with Crippen LogP contribution in [0.15, 0.2) is 0 Å². The van der Waals surface area contributed by atoms with E-state index >= 15 is 0 Å². The van der Waals surface area contributed by atoms with Crippen LogP contribution in [-0.2, 0) is 0 Å². The van der Waals surface area contributed by atoms with Crippen LogP contribution in [0, 0.1) is 17.2 Å². The Morgan fingerprint density at radius 1 is 1.50 bits per heavy atom. The minimum absolute atomic E-state index is 0.199. The van der Waals surface area contributed by atoms with Gasteiger partial charge in [-0.2, -0.15) is 5.26 Å². The van der Waals surface area contributed by atoms with Gasteiger partial charge in [0.25, 0.3) is 0 Å². The van der Waals surface area contributed by atoms with E-state index in [2.05, 4.69) is 25.2 Å². The molecule has 1 aliphatic rings. The summed E-state index contributed by atoms with van der Waals surface area (Å²) in [6, 6.07) is 2.51. The van der Waals surface area contributed by atoms with Gasteiger partial charge < -0.3 is 0 Å². The molecule has 0 aliphatic heterocycles. The van der Waals surface area contributed by atoms with E-state index in [1.54, 1.807) is 0 Å². The zero-order valence-electron chi connectivity index (χ0n) is 9.47. The molecular formula is C12H22N2. The zero-order chi connectivity index (χ0) is 10.4. The van der Waals surface area contributed by atoms with Gasteiger partial charge in [-0.25, -0.2) is 0 Å². The van der Waals surface area contributed by atoms with Crippen molar-refractivity contribution in [2.75, 3.05) is 6.54 Å². The molecule has 1 saturated carbocycles. The molecule has 2 nitrogen and oxygen atoms in total. The van der Waals surface area contributed by atoms with Gasteiger partial charge in [0.2, 0.25) is 0 Å². The molecule has 1 fully saturated rings. The summed E-state index contributed by atoms with van der Waals surface area (Å²) in [7, 11) is 0. The van der Waals surface area contributed by atoms with Gasteiger partial charge in [-0.15, -0.1) is 0 Å². The van der Waals surface area contributed by atoms with Crippen molar-refractivity contribution in [1.82, 2.24) is 5.32 Å². The van der Waals surface area contributed by atoms with Crippen LogP contribution in [0.3, 0.4) is 0 Å². The highest BCUT2D eigenvalue weighted by Crippen LogP contribution is 2.33. The summed E-state index contributed by atoms with van der Waals surface area (Å²) in [5.41, 5.74) is -0.199. The molecule has 0 aromatic rings. The highest BCUT2D eigenvalue weighted by Gasteiger charge is 2.34. The summed E-state index contributed by atoms with van der Waals surface area (Å²) >= 11 is 0. The summed E-state index contributed by atoms with van der Waals surface area (Å²) in [5.74, 6) is 0.757. The predicted molar refractivity (Wildman–Crippen MR) is 58.9 cm³/mol. The SMILES string of the molecule is CCCNC1(C#N)CCCC(CC)C1. The third-order valence-electron chi connectivity index (χ3n) is 3.36. The Kier molecular flexibility index (Phi) is 4.41. The Hall–Kier alpha value is -0.550. The van der Waals surface area contributed by atoms with E-state index in [1.165, 1.54) is 19.3 Å². The summed E-state index contributed by atoms with van der Waals surface area (Å²) in [6.07, 6.45) is 6.95. The van der Waals surface area contributed by atoms with E-state index in [-0.39, 0.29) is 5.54 Å². The second-order valence-electron chi connectivity index (χ2n) is 4.49. The van der Waals surface area contributed by atoms with Gasteiger partial charge >= 0.3 is 0 Å². The van der Waals surface area contributed by atoms with E-state index in [1.807, 2.05) is 0 Å². The Balaban J connectivity index is 2.55. The van der Waals surface area contributed by atoms with Crippen molar-refractivity contribution in [3.63, 3.8) is 0 Å². The van der Waals surface area contributed by atoms with Gasteiger partial charge in [0, 0.05) is 0 Å². The summed E-state index contributed by atoms with van der Waals surface area (Å²) in [4.78, 5) is 0. The van der Waals surface area contributed by atoms with Crippen molar-refractivity contribution in [1.29, 1.82) is 5.26 Å². The number of nitriles is 1. The molecule has 0 aromatic carbocycles. The monoisotopic (exact) mass is 194 g/mol. The van der Waals surface area contributed by atoms with Crippen molar-refractivity contribution in [2.24, 2.45) is 5.92 Å². The second-order valence-corrected chi connectivity index (χ2v) is 4.49. The fourth-order valence-electron chi connectivity index (χ4n) is 2.40. The fourth-order valence-corrected chi connectivity index (χ4v) is 2.40. The first-order valence-electron chi connectivity index (χ1n) is 5.92. The second kappa shape index (κ2) is 5.36. The smallest absolute Gasteiger partial charge is 0.107 e. The maximum absolute atomic E-state index is 9.27. The molecule has 0 radical (unpaired) electrons. The van der Waals surface area contributed by atoms with Crippen LogP contribution in [-0.4, -0.2) is 12.1 Å². The van der Waals surface area contributed by atoms with Crippen molar-refractivity contribution >= 4 is 0 Å². The fraction of sp³-hybridized carbons (Fsp3) is 0.917. The van der Waals surface area contributed by atoms with Gasteiger partial charge in [-0.3, -0.25) is 5.32 Å². The van der Waals surface area contributed by atoms with E-state index in [4.69, 9.17) is 0 Å². The quantitative estimate of drug-likeness (QED) is 0.747. The van der Waals surface area contributed by atoms with Crippen LogP contribution in [0.1, 0.15) is 52.4 Å². The summed E-state index contributed by atoms with van der Waals surface area (Å²) in [5, 5.41) is 12.7. The van der Waals surface area contributed by atoms with Crippen molar-refractivity contribution < 1.29 is 0 Å². The molecule has 2 unspecified atom stereocenters. The first-order valence-corrected chi connectivity index (χ1v) is 5.92. The molecule has 0 bridgehead atoms. The summed E-state index contributed by atoms with van der Waals surface area (Å²) < 4.78 is 0. The van der Waals surface area contributed by atoms with E-state index in [0.717, 1.165) is 31.7 Å². The first-order chi connectivity index (χ1) is 6.76. The first kappa shape index (κ1) is 11.5. The molecule has 80 valence electrons. The van der Waals surface area contributed by atoms with Gasteiger partial charge in [-0.05, 0) is 31.7 Å². The topological polar surface area (TPSA) is 35.8 Å². The van der Waals surface area contributed by atoms with E-state index in [9.17, 15) is 5.26 Å². The molecule has 1 rings (SSSR count). The lowest BCUT2D eigenvalue weighted by Gasteiger charge is -2.36. The largest absolute Gasteiger partial charge is 0.299 e. The Morgan fingerprint density at radius 2 is 2.29 bits per heavy atom. The number of nitrogens with one attached hydrogen (secondary N) is 1. The highest BCUT2D eigenvalue weighted by molar-refractivity contribution is 5.09. The Bertz CT molecular complexity index is 207. The Labute approximate surface area is 87.7 Å². The van der Waals surface area contributed by atoms with Crippen LogP contribution in [0.2, 0.25) is 0 Å². The normalized spacial score (nSPS) is 32.5. The van der Waals surface area contributed by atoms with Crippen LogP contribution >= 0.6 is 0 Å². The lowest BCUT2D eigenvalue weighted by atomic mass is 9.75. The van der Waals surface area contributed by atoms with Crippen molar-refractivity contribution in [3.8, 4) is 6.07 Å². The van der Waals surface area contributed by atoms with Crippen molar-refractivity contribution in [2.45, 2.75) is 57.9 Å². The average molecular weight is 194 g/mol. The molecule has 0 amide bonds. The molecule has 2 heteroatoms.